The molecule has 112 valence electrons. The van der Waals surface area contributed by atoms with Crippen LogP contribution in [0.5, 0.6) is 0 Å². The first-order valence-electron chi connectivity index (χ1n) is 7.00. The molecule has 0 fully saturated rings. The molecule has 0 unspecified atom stereocenters. The molecule has 0 spiro atoms. The first kappa shape index (κ1) is 16.7. The van der Waals surface area contributed by atoms with E-state index in [2.05, 4.69) is 13.8 Å². The highest BCUT2D eigenvalue weighted by atomic mass is 16.5. The van der Waals surface area contributed by atoms with Gasteiger partial charge in [0.1, 0.15) is 0 Å². The molecule has 0 radical (unpaired) electrons. The molecule has 0 bridgehead atoms. The summed E-state index contributed by atoms with van der Waals surface area (Å²) in [6.07, 6.45) is 0.407. The lowest BCUT2D eigenvalue weighted by atomic mass is 9.93. The number of carbonyl (C=O) groups is 1. The van der Waals surface area contributed by atoms with Gasteiger partial charge in [0.2, 0.25) is 5.91 Å². The minimum Gasteiger partial charge on any atom is -0.376 e. The van der Waals surface area contributed by atoms with Crippen molar-refractivity contribution < 1.29 is 9.53 Å². The van der Waals surface area contributed by atoms with E-state index in [1.807, 2.05) is 37.4 Å². The zero-order chi connectivity index (χ0) is 15.0. The number of nitrogens with two attached hydrogens (primary N) is 1. The van der Waals surface area contributed by atoms with Crippen molar-refractivity contribution in [3.8, 4) is 0 Å². The molecule has 0 atom stereocenters. The monoisotopic (exact) mass is 278 g/mol. The van der Waals surface area contributed by atoms with Gasteiger partial charge in [-0.05, 0) is 17.5 Å². The summed E-state index contributed by atoms with van der Waals surface area (Å²) in [5, 5.41) is 0. The Morgan fingerprint density at radius 3 is 2.55 bits per heavy atom. The molecule has 0 aliphatic carbocycles. The molecule has 1 amide bonds. The predicted octanol–water partition coefficient (Wildman–Crippen LogP) is 2.04. The topological polar surface area (TPSA) is 55.6 Å². The van der Waals surface area contributed by atoms with E-state index in [4.69, 9.17) is 10.5 Å². The maximum Gasteiger partial charge on any atom is 0.224 e. The lowest BCUT2D eigenvalue weighted by Crippen LogP contribution is -2.40. The third-order valence-electron chi connectivity index (χ3n) is 3.22. The highest BCUT2D eigenvalue weighted by Crippen LogP contribution is 2.14. The standard InChI is InChI=1S/C16H26N2O2/c1-16(2,12-17)13-18(3)15(19)9-10-20-11-14-7-5-4-6-8-14/h4-8H,9-13,17H2,1-3H3. The van der Waals surface area contributed by atoms with Crippen molar-refractivity contribution in [3.63, 3.8) is 0 Å². The SMILES string of the molecule is CN(CC(C)(C)CN)C(=O)CCOCc1ccccc1. The van der Waals surface area contributed by atoms with Crippen LogP contribution in [0.15, 0.2) is 30.3 Å². The van der Waals surface area contributed by atoms with Crippen LogP contribution >= 0.6 is 0 Å². The van der Waals surface area contributed by atoms with Crippen LogP contribution in [-0.2, 0) is 16.1 Å². The largest absolute Gasteiger partial charge is 0.376 e. The molecule has 4 heteroatoms. The highest BCUT2D eigenvalue weighted by Gasteiger charge is 2.20. The number of nitrogens with zero attached hydrogens (tertiary/aromatic N) is 1. The molecule has 1 rings (SSSR count). The number of hydrogen-bond acceptors (Lipinski definition) is 3. The van der Waals surface area contributed by atoms with Crippen LogP contribution in [0.4, 0.5) is 0 Å². The Balaban J connectivity index is 2.23. The summed E-state index contributed by atoms with van der Waals surface area (Å²) in [6.45, 7) is 6.34. The first-order valence-corrected chi connectivity index (χ1v) is 7.00. The zero-order valence-corrected chi connectivity index (χ0v) is 12.8. The Morgan fingerprint density at radius 2 is 1.95 bits per heavy atom. The van der Waals surface area contributed by atoms with E-state index in [9.17, 15) is 4.79 Å². The van der Waals surface area contributed by atoms with Gasteiger partial charge in [0.25, 0.3) is 0 Å². The summed E-state index contributed by atoms with van der Waals surface area (Å²) in [7, 11) is 1.82. The summed E-state index contributed by atoms with van der Waals surface area (Å²) in [5.74, 6) is 0.0968. The number of hydrogen-bond donors (Lipinski definition) is 1. The minimum atomic E-state index is -0.0463. The third kappa shape index (κ3) is 6.17. The van der Waals surface area contributed by atoms with Crippen molar-refractivity contribution in [1.82, 2.24) is 4.90 Å². The van der Waals surface area contributed by atoms with Gasteiger partial charge in [0, 0.05) is 13.6 Å². The quantitative estimate of drug-likeness (QED) is 0.740. The Labute approximate surface area is 121 Å². The van der Waals surface area contributed by atoms with Crippen LogP contribution in [0.1, 0.15) is 25.8 Å². The lowest BCUT2D eigenvalue weighted by molar-refractivity contribution is -0.132. The van der Waals surface area contributed by atoms with Gasteiger partial charge < -0.3 is 15.4 Å². The van der Waals surface area contributed by atoms with Gasteiger partial charge >= 0.3 is 0 Å². The predicted molar refractivity (Wildman–Crippen MR) is 81.2 cm³/mol. The van der Waals surface area contributed by atoms with Gasteiger partial charge in [-0.2, -0.15) is 0 Å². The van der Waals surface area contributed by atoms with Crippen LogP contribution < -0.4 is 5.73 Å². The molecular weight excluding hydrogens is 252 g/mol. The molecule has 0 heterocycles. The van der Waals surface area contributed by atoms with Gasteiger partial charge in [-0.3, -0.25) is 4.79 Å². The van der Waals surface area contributed by atoms with Crippen LogP contribution in [0, 0.1) is 5.41 Å². The number of amides is 1. The van der Waals surface area contributed by atoms with Crippen molar-refractivity contribution in [3.05, 3.63) is 35.9 Å². The van der Waals surface area contributed by atoms with Crippen molar-refractivity contribution in [2.45, 2.75) is 26.9 Å². The average molecular weight is 278 g/mol. The van der Waals surface area contributed by atoms with Crippen LogP contribution in [-0.4, -0.2) is 37.6 Å². The Morgan fingerprint density at radius 1 is 1.30 bits per heavy atom. The second-order valence-electron chi connectivity index (χ2n) is 5.91. The van der Waals surface area contributed by atoms with Gasteiger partial charge in [0.15, 0.2) is 0 Å². The summed E-state index contributed by atoms with van der Waals surface area (Å²) in [4.78, 5) is 13.7. The van der Waals surface area contributed by atoms with E-state index >= 15 is 0 Å². The van der Waals surface area contributed by atoms with Crippen LogP contribution in [0.2, 0.25) is 0 Å². The fourth-order valence-corrected chi connectivity index (χ4v) is 1.91. The normalized spacial score (nSPS) is 11.4. The summed E-state index contributed by atoms with van der Waals surface area (Å²) in [6, 6.07) is 9.95. The van der Waals surface area contributed by atoms with Crippen molar-refractivity contribution in [2.24, 2.45) is 11.1 Å². The number of benzene rings is 1. The minimum absolute atomic E-state index is 0.0463. The summed E-state index contributed by atoms with van der Waals surface area (Å²) in [5.41, 5.74) is 6.75. The molecule has 1 aromatic carbocycles. The molecule has 0 aliphatic rings. The van der Waals surface area contributed by atoms with Gasteiger partial charge in [0.05, 0.1) is 19.6 Å². The Hall–Kier alpha value is -1.39. The molecular formula is C16H26N2O2. The van der Waals surface area contributed by atoms with Crippen LogP contribution in [0.3, 0.4) is 0 Å². The molecule has 0 saturated carbocycles. The van der Waals surface area contributed by atoms with Crippen molar-refractivity contribution in [2.75, 3.05) is 26.7 Å². The smallest absolute Gasteiger partial charge is 0.224 e. The lowest BCUT2D eigenvalue weighted by Gasteiger charge is -2.29. The van der Waals surface area contributed by atoms with E-state index in [0.717, 1.165) is 5.56 Å². The van der Waals surface area contributed by atoms with E-state index in [1.54, 1.807) is 4.90 Å². The molecule has 0 aliphatic heterocycles. The second-order valence-corrected chi connectivity index (χ2v) is 5.91. The first-order chi connectivity index (χ1) is 9.44. The molecule has 1 aromatic rings. The Kier molecular flexibility index (Phi) is 6.68. The number of ether oxygens (including phenoxy) is 1. The zero-order valence-electron chi connectivity index (χ0n) is 12.8. The third-order valence-corrected chi connectivity index (χ3v) is 3.22. The van der Waals surface area contributed by atoms with Gasteiger partial charge in [-0.15, -0.1) is 0 Å². The number of rotatable bonds is 8. The van der Waals surface area contributed by atoms with E-state index in [-0.39, 0.29) is 11.3 Å². The maximum absolute atomic E-state index is 12.0. The fourth-order valence-electron chi connectivity index (χ4n) is 1.91. The van der Waals surface area contributed by atoms with Gasteiger partial charge in [-0.1, -0.05) is 44.2 Å². The molecule has 0 saturated heterocycles. The van der Waals surface area contributed by atoms with E-state index < -0.39 is 0 Å². The molecule has 4 nitrogen and oxygen atoms in total. The summed E-state index contributed by atoms with van der Waals surface area (Å²) >= 11 is 0. The van der Waals surface area contributed by atoms with Crippen molar-refractivity contribution in [1.29, 1.82) is 0 Å². The van der Waals surface area contributed by atoms with E-state index in [0.29, 0.717) is 32.7 Å². The van der Waals surface area contributed by atoms with E-state index in [1.165, 1.54) is 0 Å². The molecule has 0 aromatic heterocycles. The maximum atomic E-state index is 12.0. The highest BCUT2D eigenvalue weighted by molar-refractivity contribution is 5.76. The molecule has 20 heavy (non-hydrogen) atoms. The summed E-state index contributed by atoms with van der Waals surface area (Å²) < 4.78 is 5.52. The van der Waals surface area contributed by atoms with Gasteiger partial charge in [-0.25, -0.2) is 0 Å². The average Bonchev–Trinajstić information content (AvgIpc) is 2.44. The number of carbonyl (C=O) groups excluding carboxylic acids is 1. The Bertz CT molecular complexity index is 404. The molecule has 2 N–H and O–H groups in total. The van der Waals surface area contributed by atoms with Crippen molar-refractivity contribution >= 4 is 5.91 Å². The van der Waals surface area contributed by atoms with Crippen LogP contribution in [0.25, 0.3) is 0 Å². The second kappa shape index (κ2) is 8.02. The fraction of sp³-hybridized carbons (Fsp3) is 0.562.